The highest BCUT2D eigenvalue weighted by Gasteiger charge is 2.23. The van der Waals surface area contributed by atoms with E-state index >= 15 is 0 Å². The standard InChI is InChI=1S/C14H17FN2O4S/c1-4-20-13-6-5-11(7-12(13)15)8-16-22(18,19)14-9(2)17-21-10(14)3/h5-7,16H,4,8H2,1-3H3. The Kier molecular flexibility index (Phi) is 4.82. The van der Waals surface area contributed by atoms with Crippen LogP contribution in [0.1, 0.15) is 23.9 Å². The molecule has 120 valence electrons. The van der Waals surface area contributed by atoms with Gasteiger partial charge in [0.2, 0.25) is 10.0 Å². The second-order valence-electron chi connectivity index (χ2n) is 4.68. The molecule has 0 fully saturated rings. The Morgan fingerprint density at radius 1 is 1.36 bits per heavy atom. The molecule has 0 aliphatic heterocycles. The van der Waals surface area contributed by atoms with Gasteiger partial charge in [0.1, 0.15) is 10.6 Å². The summed E-state index contributed by atoms with van der Waals surface area (Å²) in [5.74, 6) is -0.182. The number of benzene rings is 1. The molecule has 0 atom stereocenters. The number of aryl methyl sites for hydroxylation is 2. The Morgan fingerprint density at radius 3 is 2.64 bits per heavy atom. The first-order valence-corrected chi connectivity index (χ1v) is 8.17. The molecule has 0 saturated heterocycles. The van der Waals surface area contributed by atoms with Gasteiger partial charge in [-0.15, -0.1) is 0 Å². The molecule has 8 heteroatoms. The molecule has 0 spiro atoms. The molecule has 0 unspecified atom stereocenters. The fourth-order valence-electron chi connectivity index (χ4n) is 2.04. The van der Waals surface area contributed by atoms with Gasteiger partial charge in [-0.3, -0.25) is 0 Å². The van der Waals surface area contributed by atoms with Crippen molar-refractivity contribution in [2.24, 2.45) is 0 Å². The van der Waals surface area contributed by atoms with Crippen LogP contribution >= 0.6 is 0 Å². The average molecular weight is 328 g/mol. The Bertz CT molecular complexity index is 752. The average Bonchev–Trinajstić information content (AvgIpc) is 2.79. The second kappa shape index (κ2) is 6.45. The van der Waals surface area contributed by atoms with Gasteiger partial charge in [-0.2, -0.15) is 0 Å². The van der Waals surface area contributed by atoms with Crippen molar-refractivity contribution in [1.29, 1.82) is 0 Å². The fraction of sp³-hybridized carbons (Fsp3) is 0.357. The van der Waals surface area contributed by atoms with E-state index in [9.17, 15) is 12.8 Å². The van der Waals surface area contributed by atoms with E-state index in [-0.39, 0.29) is 28.6 Å². The molecule has 0 radical (unpaired) electrons. The number of nitrogens with zero attached hydrogens (tertiary/aromatic N) is 1. The number of hydrogen-bond donors (Lipinski definition) is 1. The van der Waals surface area contributed by atoms with Crippen LogP contribution in [0.5, 0.6) is 5.75 Å². The SMILES string of the molecule is CCOc1ccc(CNS(=O)(=O)c2c(C)noc2C)cc1F. The molecule has 0 saturated carbocycles. The van der Waals surface area contributed by atoms with E-state index in [2.05, 4.69) is 9.88 Å². The summed E-state index contributed by atoms with van der Waals surface area (Å²) in [6, 6.07) is 4.31. The van der Waals surface area contributed by atoms with Crippen LogP contribution in [0.2, 0.25) is 0 Å². The zero-order valence-electron chi connectivity index (χ0n) is 12.5. The number of sulfonamides is 1. The lowest BCUT2D eigenvalue weighted by Crippen LogP contribution is -2.24. The summed E-state index contributed by atoms with van der Waals surface area (Å²) in [7, 11) is -3.77. The molecule has 0 aliphatic carbocycles. The van der Waals surface area contributed by atoms with Gasteiger partial charge in [-0.05, 0) is 38.5 Å². The van der Waals surface area contributed by atoms with Crippen LogP contribution in [-0.4, -0.2) is 20.2 Å². The van der Waals surface area contributed by atoms with Gasteiger partial charge in [0.25, 0.3) is 0 Å². The van der Waals surface area contributed by atoms with E-state index in [1.807, 2.05) is 0 Å². The van der Waals surface area contributed by atoms with E-state index in [0.717, 1.165) is 0 Å². The normalized spacial score (nSPS) is 11.6. The van der Waals surface area contributed by atoms with E-state index in [1.54, 1.807) is 19.9 Å². The Morgan fingerprint density at radius 2 is 2.09 bits per heavy atom. The minimum atomic E-state index is -3.77. The molecule has 1 aromatic heterocycles. The zero-order chi connectivity index (χ0) is 16.3. The van der Waals surface area contributed by atoms with Crippen LogP contribution in [0.3, 0.4) is 0 Å². The van der Waals surface area contributed by atoms with Gasteiger partial charge in [-0.1, -0.05) is 11.2 Å². The molecular weight excluding hydrogens is 311 g/mol. The lowest BCUT2D eigenvalue weighted by molar-refractivity contribution is 0.321. The number of hydrogen-bond acceptors (Lipinski definition) is 5. The quantitative estimate of drug-likeness (QED) is 0.880. The number of aromatic nitrogens is 1. The molecule has 22 heavy (non-hydrogen) atoms. The molecule has 1 aromatic carbocycles. The summed E-state index contributed by atoms with van der Waals surface area (Å²) < 4.78 is 50.5. The van der Waals surface area contributed by atoms with Gasteiger partial charge in [0.05, 0.1) is 6.61 Å². The predicted molar refractivity (Wildman–Crippen MR) is 77.6 cm³/mol. The number of halogens is 1. The highest BCUT2D eigenvalue weighted by atomic mass is 32.2. The van der Waals surface area contributed by atoms with Crippen molar-refractivity contribution in [3.63, 3.8) is 0 Å². The molecular formula is C14H17FN2O4S. The van der Waals surface area contributed by atoms with Crippen LogP contribution in [0, 0.1) is 19.7 Å². The summed E-state index contributed by atoms with van der Waals surface area (Å²) in [5.41, 5.74) is 0.763. The smallest absolute Gasteiger partial charge is 0.246 e. The molecule has 1 heterocycles. The highest BCUT2D eigenvalue weighted by Crippen LogP contribution is 2.21. The maximum Gasteiger partial charge on any atom is 0.246 e. The molecule has 6 nitrogen and oxygen atoms in total. The first kappa shape index (κ1) is 16.4. The maximum atomic E-state index is 13.7. The van der Waals surface area contributed by atoms with Crippen LogP contribution in [0.15, 0.2) is 27.6 Å². The summed E-state index contributed by atoms with van der Waals surface area (Å²) in [5, 5.41) is 3.61. The van der Waals surface area contributed by atoms with Crippen molar-refractivity contribution >= 4 is 10.0 Å². The number of rotatable bonds is 6. The van der Waals surface area contributed by atoms with Crippen LogP contribution in [0.4, 0.5) is 4.39 Å². The van der Waals surface area contributed by atoms with E-state index in [4.69, 9.17) is 9.26 Å². The van der Waals surface area contributed by atoms with Crippen LogP contribution < -0.4 is 9.46 Å². The summed E-state index contributed by atoms with van der Waals surface area (Å²) in [6.07, 6.45) is 0. The van der Waals surface area contributed by atoms with Crippen LogP contribution in [-0.2, 0) is 16.6 Å². The minimum absolute atomic E-state index is 0.0129. The van der Waals surface area contributed by atoms with E-state index in [0.29, 0.717) is 12.2 Å². The molecule has 2 aromatic rings. The van der Waals surface area contributed by atoms with Crippen molar-refractivity contribution in [2.45, 2.75) is 32.2 Å². The highest BCUT2D eigenvalue weighted by molar-refractivity contribution is 7.89. The number of ether oxygens (including phenoxy) is 1. The monoisotopic (exact) mass is 328 g/mol. The second-order valence-corrected chi connectivity index (χ2v) is 6.38. The fourth-order valence-corrected chi connectivity index (χ4v) is 3.38. The molecule has 2 rings (SSSR count). The summed E-state index contributed by atoms with van der Waals surface area (Å²) >= 11 is 0. The first-order valence-electron chi connectivity index (χ1n) is 6.69. The topological polar surface area (TPSA) is 81.4 Å². The van der Waals surface area contributed by atoms with Gasteiger partial charge in [0.15, 0.2) is 17.3 Å². The van der Waals surface area contributed by atoms with Crippen molar-refractivity contribution in [3.05, 3.63) is 41.0 Å². The van der Waals surface area contributed by atoms with Crippen molar-refractivity contribution in [1.82, 2.24) is 9.88 Å². The summed E-state index contributed by atoms with van der Waals surface area (Å²) in [6.45, 7) is 5.13. The van der Waals surface area contributed by atoms with Crippen LogP contribution in [0.25, 0.3) is 0 Å². The molecule has 0 amide bonds. The third-order valence-electron chi connectivity index (χ3n) is 3.00. The zero-order valence-corrected chi connectivity index (χ0v) is 13.3. The largest absolute Gasteiger partial charge is 0.491 e. The Hall–Kier alpha value is -1.93. The van der Waals surface area contributed by atoms with Crippen molar-refractivity contribution in [3.8, 4) is 5.75 Å². The minimum Gasteiger partial charge on any atom is -0.491 e. The third kappa shape index (κ3) is 3.45. The van der Waals surface area contributed by atoms with Gasteiger partial charge >= 0.3 is 0 Å². The first-order chi connectivity index (χ1) is 10.3. The molecule has 0 aliphatic rings. The number of nitrogens with one attached hydrogen (secondary N) is 1. The lowest BCUT2D eigenvalue weighted by atomic mass is 10.2. The predicted octanol–water partition coefficient (Wildman–Crippen LogP) is 2.31. The molecule has 1 N–H and O–H groups in total. The van der Waals surface area contributed by atoms with Gasteiger partial charge in [0, 0.05) is 6.54 Å². The van der Waals surface area contributed by atoms with Crippen molar-refractivity contribution < 1.29 is 22.1 Å². The third-order valence-corrected chi connectivity index (χ3v) is 4.64. The van der Waals surface area contributed by atoms with Gasteiger partial charge < -0.3 is 9.26 Å². The van der Waals surface area contributed by atoms with Crippen molar-refractivity contribution in [2.75, 3.05) is 6.61 Å². The lowest BCUT2D eigenvalue weighted by Gasteiger charge is -2.08. The molecule has 0 bridgehead atoms. The Balaban J connectivity index is 2.14. The van der Waals surface area contributed by atoms with Gasteiger partial charge in [-0.25, -0.2) is 17.5 Å². The summed E-state index contributed by atoms with van der Waals surface area (Å²) in [4.78, 5) is 0.0129. The van der Waals surface area contributed by atoms with E-state index in [1.165, 1.54) is 19.1 Å². The van der Waals surface area contributed by atoms with E-state index < -0.39 is 15.8 Å². The maximum absolute atomic E-state index is 13.7. The Labute approximate surface area is 128 Å².